The second-order valence-corrected chi connectivity index (χ2v) is 3.38. The number of carboxylic acids is 1. The van der Waals surface area contributed by atoms with Crippen LogP contribution in [-0.2, 0) is 4.74 Å². The summed E-state index contributed by atoms with van der Waals surface area (Å²) in [6.45, 7) is 0. The van der Waals surface area contributed by atoms with Gasteiger partial charge in [-0.25, -0.2) is 9.59 Å². The fraction of sp³-hybridized carbons (Fsp3) is 0.200. The molecule has 0 unspecified atom stereocenters. The minimum atomic E-state index is -1.16. The van der Waals surface area contributed by atoms with E-state index in [1.54, 1.807) is 0 Å². The number of para-hydroxylation sites is 1. The fourth-order valence-electron chi connectivity index (χ4n) is 1.26. The van der Waals surface area contributed by atoms with Crippen LogP contribution in [0.5, 0.6) is 0 Å². The number of carboxylic acid groups (broad SMARTS) is 1. The van der Waals surface area contributed by atoms with Crippen molar-refractivity contribution in [3.63, 3.8) is 0 Å². The fourth-order valence-corrected chi connectivity index (χ4v) is 1.56. The van der Waals surface area contributed by atoms with E-state index in [0.717, 1.165) is 4.90 Å². The lowest BCUT2D eigenvalue weighted by Crippen LogP contribution is -2.27. The van der Waals surface area contributed by atoms with Crippen molar-refractivity contribution in [2.24, 2.45) is 0 Å². The van der Waals surface area contributed by atoms with Crippen LogP contribution in [0, 0.1) is 0 Å². The van der Waals surface area contributed by atoms with Crippen LogP contribution in [0.4, 0.5) is 10.5 Å². The van der Waals surface area contributed by atoms with Gasteiger partial charge in [0.1, 0.15) is 0 Å². The third kappa shape index (κ3) is 2.25. The summed E-state index contributed by atoms with van der Waals surface area (Å²) in [6, 6.07) is 4.37. The molecule has 6 heteroatoms. The van der Waals surface area contributed by atoms with E-state index >= 15 is 0 Å². The minimum absolute atomic E-state index is 0.0552. The molecule has 5 nitrogen and oxygen atoms in total. The molecule has 1 rings (SSSR count). The monoisotopic (exact) mass is 243 g/mol. The molecule has 16 heavy (non-hydrogen) atoms. The number of methoxy groups -OCH3 is 1. The van der Waals surface area contributed by atoms with Crippen LogP contribution in [0.15, 0.2) is 18.2 Å². The van der Waals surface area contributed by atoms with Crippen molar-refractivity contribution in [3.8, 4) is 0 Å². The molecule has 0 atom stereocenters. The summed E-state index contributed by atoms with van der Waals surface area (Å²) in [6.07, 6.45) is -0.685. The lowest BCUT2D eigenvalue weighted by Gasteiger charge is -2.18. The van der Waals surface area contributed by atoms with Crippen molar-refractivity contribution in [3.05, 3.63) is 28.8 Å². The molecule has 1 aromatic rings. The number of benzene rings is 1. The van der Waals surface area contributed by atoms with Gasteiger partial charge in [-0.3, -0.25) is 4.90 Å². The number of hydrogen-bond donors (Lipinski definition) is 1. The van der Waals surface area contributed by atoms with E-state index in [9.17, 15) is 9.59 Å². The molecule has 0 heterocycles. The molecule has 86 valence electrons. The molecule has 1 amide bonds. The number of rotatable bonds is 2. The molecule has 0 aliphatic carbocycles. The first-order chi connectivity index (χ1) is 7.49. The highest BCUT2D eigenvalue weighted by atomic mass is 35.5. The average Bonchev–Trinajstić information content (AvgIpc) is 2.26. The van der Waals surface area contributed by atoms with Crippen LogP contribution in [-0.4, -0.2) is 31.3 Å². The van der Waals surface area contributed by atoms with Gasteiger partial charge in [0.15, 0.2) is 0 Å². The van der Waals surface area contributed by atoms with Gasteiger partial charge in [-0.15, -0.1) is 0 Å². The maximum atomic E-state index is 11.3. The number of carbonyl (C=O) groups is 2. The molecule has 0 saturated carbocycles. The van der Waals surface area contributed by atoms with Gasteiger partial charge in [-0.05, 0) is 12.1 Å². The lowest BCUT2D eigenvalue weighted by molar-refractivity contribution is 0.0697. The van der Waals surface area contributed by atoms with Gasteiger partial charge in [0.25, 0.3) is 0 Å². The molecule has 1 N–H and O–H groups in total. The Morgan fingerprint density at radius 3 is 2.56 bits per heavy atom. The first kappa shape index (κ1) is 12.3. The van der Waals surface area contributed by atoms with Gasteiger partial charge >= 0.3 is 12.1 Å². The number of amides is 1. The largest absolute Gasteiger partial charge is 0.478 e. The van der Waals surface area contributed by atoms with E-state index in [4.69, 9.17) is 16.7 Å². The van der Waals surface area contributed by atoms with Gasteiger partial charge in [-0.1, -0.05) is 17.7 Å². The molecule has 0 spiro atoms. The number of hydrogen-bond acceptors (Lipinski definition) is 3. The molecule has 0 saturated heterocycles. The zero-order chi connectivity index (χ0) is 12.3. The van der Waals surface area contributed by atoms with E-state index in [1.165, 1.54) is 32.4 Å². The Bertz CT molecular complexity index is 433. The van der Waals surface area contributed by atoms with Gasteiger partial charge in [0.05, 0.1) is 23.4 Å². The zero-order valence-corrected chi connectivity index (χ0v) is 9.49. The van der Waals surface area contributed by atoms with Gasteiger partial charge in [-0.2, -0.15) is 0 Å². The van der Waals surface area contributed by atoms with E-state index in [-0.39, 0.29) is 16.3 Å². The lowest BCUT2D eigenvalue weighted by atomic mass is 10.1. The molecule has 1 aromatic carbocycles. The number of nitrogens with zero attached hydrogens (tertiary/aromatic N) is 1. The molecule has 0 fully saturated rings. The number of anilines is 1. The summed E-state index contributed by atoms with van der Waals surface area (Å²) in [7, 11) is 2.59. The van der Waals surface area contributed by atoms with Crippen LogP contribution >= 0.6 is 11.6 Å². The highest BCUT2D eigenvalue weighted by Gasteiger charge is 2.21. The van der Waals surface area contributed by atoms with Gasteiger partial charge in [0, 0.05) is 7.05 Å². The molecule has 0 aliphatic rings. The van der Waals surface area contributed by atoms with E-state index in [2.05, 4.69) is 4.74 Å². The highest BCUT2D eigenvalue weighted by Crippen LogP contribution is 2.29. The van der Waals surface area contributed by atoms with E-state index in [0.29, 0.717) is 0 Å². The Morgan fingerprint density at radius 1 is 1.44 bits per heavy atom. The normalized spacial score (nSPS) is 9.69. The average molecular weight is 244 g/mol. The van der Waals surface area contributed by atoms with Gasteiger partial charge < -0.3 is 9.84 Å². The standard InChI is InChI=1S/C10H10ClNO4/c1-12(10(15)16-2)8-6(9(13)14)4-3-5-7(8)11/h3-5H,1-2H3,(H,13,14). The van der Waals surface area contributed by atoms with Crippen LogP contribution in [0.25, 0.3) is 0 Å². The highest BCUT2D eigenvalue weighted by molar-refractivity contribution is 6.34. The second-order valence-electron chi connectivity index (χ2n) is 2.97. The molecule has 0 radical (unpaired) electrons. The first-order valence-electron chi connectivity index (χ1n) is 4.32. The Morgan fingerprint density at radius 2 is 2.06 bits per heavy atom. The van der Waals surface area contributed by atoms with Crippen molar-refractivity contribution in [2.45, 2.75) is 0 Å². The summed E-state index contributed by atoms with van der Waals surface area (Å²) in [5.41, 5.74) is 0.0592. The van der Waals surface area contributed by atoms with Crippen molar-refractivity contribution in [1.29, 1.82) is 0 Å². The zero-order valence-electron chi connectivity index (χ0n) is 8.73. The topological polar surface area (TPSA) is 66.8 Å². The molecule has 0 bridgehead atoms. The summed E-state index contributed by atoms with van der Waals surface area (Å²) in [4.78, 5) is 23.3. The van der Waals surface area contributed by atoms with Crippen molar-refractivity contribution >= 4 is 29.4 Å². The number of carbonyl (C=O) groups excluding carboxylic acids is 1. The Kier molecular flexibility index (Phi) is 3.73. The first-order valence-corrected chi connectivity index (χ1v) is 4.70. The molecule has 0 aliphatic heterocycles. The third-order valence-corrected chi connectivity index (χ3v) is 2.31. The Hall–Kier alpha value is -1.75. The Labute approximate surface area is 97.2 Å². The summed E-state index contributed by atoms with van der Waals surface area (Å²) >= 11 is 5.86. The van der Waals surface area contributed by atoms with E-state index < -0.39 is 12.1 Å². The number of ether oxygens (including phenoxy) is 1. The summed E-state index contributed by atoms with van der Waals surface area (Å²) in [5, 5.41) is 9.13. The van der Waals surface area contributed by atoms with Crippen LogP contribution in [0.2, 0.25) is 5.02 Å². The third-order valence-electron chi connectivity index (χ3n) is 2.00. The van der Waals surface area contributed by atoms with Gasteiger partial charge in [0.2, 0.25) is 0 Å². The van der Waals surface area contributed by atoms with Crippen molar-refractivity contribution in [2.75, 3.05) is 19.1 Å². The summed E-state index contributed by atoms with van der Waals surface area (Å²) < 4.78 is 4.49. The number of aromatic carboxylic acids is 1. The predicted octanol–water partition coefficient (Wildman–Crippen LogP) is 2.24. The maximum Gasteiger partial charge on any atom is 0.413 e. The molecular formula is C10H10ClNO4. The SMILES string of the molecule is COC(=O)N(C)c1c(Cl)cccc1C(=O)O. The smallest absolute Gasteiger partial charge is 0.413 e. The maximum absolute atomic E-state index is 11.3. The predicted molar refractivity (Wildman–Crippen MR) is 59.2 cm³/mol. The van der Waals surface area contributed by atoms with Crippen LogP contribution < -0.4 is 4.90 Å². The minimum Gasteiger partial charge on any atom is -0.478 e. The second kappa shape index (κ2) is 4.85. The van der Waals surface area contributed by atoms with Crippen LogP contribution in [0.1, 0.15) is 10.4 Å². The van der Waals surface area contributed by atoms with Crippen LogP contribution in [0.3, 0.4) is 0 Å². The van der Waals surface area contributed by atoms with E-state index in [1.807, 2.05) is 0 Å². The molecule has 0 aromatic heterocycles. The van der Waals surface area contributed by atoms with Crippen molar-refractivity contribution < 1.29 is 19.4 Å². The van der Waals surface area contributed by atoms with Crippen molar-refractivity contribution in [1.82, 2.24) is 0 Å². The Balaban J connectivity index is 3.30. The summed E-state index contributed by atoms with van der Waals surface area (Å²) in [5.74, 6) is -1.16. The quantitative estimate of drug-likeness (QED) is 0.865. The molecular weight excluding hydrogens is 234 g/mol. The number of halogens is 1.